The highest BCUT2D eigenvalue weighted by atomic mass is 32.2. The molecule has 0 N–H and O–H groups in total. The zero-order valence-corrected chi connectivity index (χ0v) is 11.2. The molecular formula is C14H16N2S. The number of rotatable bonds is 2. The van der Waals surface area contributed by atoms with Gasteiger partial charge in [-0.05, 0) is 32.9 Å². The maximum Gasteiger partial charge on any atom is 0.120 e. The van der Waals surface area contributed by atoms with Gasteiger partial charge in [-0.25, -0.2) is 0 Å². The minimum atomic E-state index is -0.205. The molecular weight excluding hydrogens is 228 g/mol. The molecule has 1 aromatic heterocycles. The van der Waals surface area contributed by atoms with Crippen LogP contribution in [-0.4, -0.2) is 15.1 Å². The molecule has 2 nitrogen and oxygen atoms in total. The monoisotopic (exact) mass is 244 g/mol. The van der Waals surface area contributed by atoms with E-state index in [-0.39, 0.29) is 5.54 Å². The minimum Gasteiger partial charge on any atom is -0.322 e. The van der Waals surface area contributed by atoms with Crippen LogP contribution >= 0.6 is 11.8 Å². The van der Waals surface area contributed by atoms with Gasteiger partial charge in [-0.3, -0.25) is 4.99 Å². The van der Waals surface area contributed by atoms with Crippen molar-refractivity contribution in [2.24, 2.45) is 4.99 Å². The quantitative estimate of drug-likeness (QED) is 0.720. The van der Waals surface area contributed by atoms with Gasteiger partial charge in [0, 0.05) is 12.4 Å². The van der Waals surface area contributed by atoms with E-state index in [1.807, 2.05) is 31.5 Å². The van der Waals surface area contributed by atoms with Gasteiger partial charge >= 0.3 is 0 Å². The highest BCUT2D eigenvalue weighted by Crippen LogP contribution is 2.41. The van der Waals surface area contributed by atoms with E-state index in [0.29, 0.717) is 0 Å². The summed E-state index contributed by atoms with van der Waals surface area (Å²) in [5.74, 6) is 0. The fraction of sp³-hybridized carbons (Fsp3) is 0.286. The van der Waals surface area contributed by atoms with Crippen molar-refractivity contribution in [3.05, 3.63) is 47.8 Å². The van der Waals surface area contributed by atoms with Crippen LogP contribution in [0.2, 0.25) is 0 Å². The molecule has 0 atom stereocenters. The molecule has 0 amide bonds. The third-order valence-electron chi connectivity index (χ3n) is 2.67. The molecule has 0 aromatic carbocycles. The maximum absolute atomic E-state index is 4.75. The lowest BCUT2D eigenvalue weighted by atomic mass is 10.1. The van der Waals surface area contributed by atoms with E-state index in [4.69, 9.17) is 4.99 Å². The van der Waals surface area contributed by atoms with Gasteiger partial charge in [0.25, 0.3) is 0 Å². The Hall–Kier alpha value is -1.44. The molecule has 1 aliphatic heterocycles. The second-order valence-electron chi connectivity index (χ2n) is 4.35. The Morgan fingerprint density at radius 3 is 2.59 bits per heavy atom. The van der Waals surface area contributed by atoms with Crippen LogP contribution in [-0.2, 0) is 0 Å². The van der Waals surface area contributed by atoms with Gasteiger partial charge in [-0.15, -0.1) is 5.73 Å². The van der Waals surface area contributed by atoms with Crippen LogP contribution in [0, 0.1) is 0 Å². The van der Waals surface area contributed by atoms with Crippen molar-refractivity contribution in [2.75, 3.05) is 0 Å². The summed E-state index contributed by atoms with van der Waals surface area (Å²) in [6, 6.07) is 4.03. The normalized spacial score (nSPS) is 19.1. The van der Waals surface area contributed by atoms with Gasteiger partial charge in [0.1, 0.15) is 5.04 Å². The Morgan fingerprint density at radius 1 is 1.47 bits per heavy atom. The average Bonchev–Trinajstić information content (AvgIpc) is 2.87. The lowest BCUT2D eigenvalue weighted by Gasteiger charge is -2.12. The fourth-order valence-corrected chi connectivity index (χ4v) is 2.95. The van der Waals surface area contributed by atoms with Crippen LogP contribution in [0.3, 0.4) is 0 Å². The molecule has 0 aliphatic carbocycles. The Kier molecular flexibility index (Phi) is 3.14. The first-order valence-electron chi connectivity index (χ1n) is 5.57. The molecule has 2 rings (SSSR count). The van der Waals surface area contributed by atoms with Crippen molar-refractivity contribution in [1.29, 1.82) is 0 Å². The summed E-state index contributed by atoms with van der Waals surface area (Å²) in [5, 5.41) is 1.03. The van der Waals surface area contributed by atoms with Crippen LogP contribution in [0.4, 0.5) is 0 Å². The molecule has 0 spiro atoms. The molecule has 0 saturated carbocycles. The molecule has 3 heteroatoms. The summed E-state index contributed by atoms with van der Waals surface area (Å²) < 4.78 is 2.08. The molecule has 0 radical (unpaired) electrons. The first-order chi connectivity index (χ1) is 8.08. The number of hydrogen-bond acceptors (Lipinski definition) is 2. The van der Waals surface area contributed by atoms with Crippen molar-refractivity contribution in [1.82, 2.24) is 4.57 Å². The second kappa shape index (κ2) is 4.44. The Morgan fingerprint density at radius 2 is 2.12 bits per heavy atom. The van der Waals surface area contributed by atoms with Gasteiger partial charge in [0.05, 0.1) is 16.1 Å². The van der Waals surface area contributed by atoms with Crippen LogP contribution in [0.15, 0.2) is 52.8 Å². The molecule has 2 heterocycles. The Labute approximate surface area is 106 Å². The van der Waals surface area contributed by atoms with Crippen LogP contribution in [0.5, 0.6) is 0 Å². The molecule has 17 heavy (non-hydrogen) atoms. The third kappa shape index (κ3) is 2.17. The summed E-state index contributed by atoms with van der Waals surface area (Å²) in [6.07, 6.45) is 6.13. The summed E-state index contributed by atoms with van der Waals surface area (Å²) in [4.78, 5) is 5.83. The lowest BCUT2D eigenvalue weighted by molar-refractivity contribution is 0.657. The molecule has 0 fully saturated rings. The highest BCUT2D eigenvalue weighted by Gasteiger charge is 2.32. The fourth-order valence-electron chi connectivity index (χ4n) is 1.79. The van der Waals surface area contributed by atoms with Crippen molar-refractivity contribution in [2.45, 2.75) is 26.3 Å². The predicted molar refractivity (Wildman–Crippen MR) is 76.1 cm³/mol. The largest absolute Gasteiger partial charge is 0.322 e. The van der Waals surface area contributed by atoms with Crippen LogP contribution in [0.1, 0.15) is 20.8 Å². The summed E-state index contributed by atoms with van der Waals surface area (Å²) in [6.45, 7) is 9.94. The zero-order valence-electron chi connectivity index (χ0n) is 10.4. The Balaban J connectivity index is 2.41. The standard InChI is InChI=1S/C14H16N2S/c1-5-11(16-9-7-8-10-16)13-15-14(3,4)12(6-2)17-13/h5,7-10H,2H2,1,3-4H3/b11-5-. The smallest absolute Gasteiger partial charge is 0.120 e. The average molecular weight is 244 g/mol. The van der Waals surface area contributed by atoms with Gasteiger partial charge < -0.3 is 4.57 Å². The van der Waals surface area contributed by atoms with E-state index in [1.54, 1.807) is 11.8 Å². The third-order valence-corrected chi connectivity index (χ3v) is 4.01. The molecule has 0 unspecified atom stereocenters. The molecule has 88 valence electrons. The lowest BCUT2D eigenvalue weighted by Crippen LogP contribution is -2.13. The van der Waals surface area contributed by atoms with Gasteiger partial charge in [0.2, 0.25) is 0 Å². The van der Waals surface area contributed by atoms with Gasteiger partial charge in [0.15, 0.2) is 0 Å². The van der Waals surface area contributed by atoms with E-state index < -0.39 is 0 Å². The predicted octanol–water partition coefficient (Wildman–Crippen LogP) is 3.94. The summed E-state index contributed by atoms with van der Waals surface area (Å²) >= 11 is 1.65. The van der Waals surface area contributed by atoms with Crippen LogP contribution < -0.4 is 0 Å². The van der Waals surface area contributed by atoms with Crippen molar-refractivity contribution >= 4 is 22.5 Å². The number of allylic oxidation sites excluding steroid dienone is 1. The molecule has 0 bridgehead atoms. The van der Waals surface area contributed by atoms with E-state index in [9.17, 15) is 0 Å². The van der Waals surface area contributed by atoms with E-state index in [0.717, 1.165) is 15.6 Å². The SMILES string of the molecule is C=C=C1SC(/C(=C/C)n2cccc2)=NC1(C)C. The Bertz CT molecular complexity index is 527. The van der Waals surface area contributed by atoms with Crippen molar-refractivity contribution in [3.8, 4) is 0 Å². The van der Waals surface area contributed by atoms with E-state index in [1.165, 1.54) is 0 Å². The molecule has 1 aromatic rings. The number of aromatic nitrogens is 1. The molecule has 1 aliphatic rings. The number of hydrogen-bond donors (Lipinski definition) is 0. The minimum absolute atomic E-state index is 0.205. The zero-order chi connectivity index (χ0) is 12.5. The summed E-state index contributed by atoms with van der Waals surface area (Å²) in [7, 11) is 0. The van der Waals surface area contributed by atoms with E-state index >= 15 is 0 Å². The second-order valence-corrected chi connectivity index (χ2v) is 5.35. The van der Waals surface area contributed by atoms with Crippen molar-refractivity contribution in [3.63, 3.8) is 0 Å². The number of aliphatic imine (C=N–C) groups is 1. The number of nitrogens with zero attached hydrogens (tertiary/aromatic N) is 2. The first kappa shape index (κ1) is 12.0. The first-order valence-corrected chi connectivity index (χ1v) is 6.38. The highest BCUT2D eigenvalue weighted by molar-refractivity contribution is 8.18. The van der Waals surface area contributed by atoms with Gasteiger partial charge in [-0.2, -0.15) is 0 Å². The maximum atomic E-state index is 4.75. The van der Waals surface area contributed by atoms with Crippen molar-refractivity contribution < 1.29 is 0 Å². The number of thioether (sulfide) groups is 1. The molecule has 0 saturated heterocycles. The van der Waals surface area contributed by atoms with E-state index in [2.05, 4.69) is 36.8 Å². The topological polar surface area (TPSA) is 17.3 Å². The summed E-state index contributed by atoms with van der Waals surface area (Å²) in [5.41, 5.74) is 3.89. The van der Waals surface area contributed by atoms with Crippen LogP contribution in [0.25, 0.3) is 5.70 Å². The van der Waals surface area contributed by atoms with Gasteiger partial charge in [-0.1, -0.05) is 24.4 Å².